The van der Waals surface area contributed by atoms with Crippen molar-refractivity contribution in [3.63, 3.8) is 0 Å². The van der Waals surface area contributed by atoms with Crippen molar-refractivity contribution in [2.24, 2.45) is 0 Å². The molecule has 0 spiro atoms. The highest BCUT2D eigenvalue weighted by atomic mass is 16.4. The predicted octanol–water partition coefficient (Wildman–Crippen LogP) is 3.19. The molecule has 0 saturated heterocycles. The van der Waals surface area contributed by atoms with Crippen LogP contribution in [0.2, 0.25) is 0 Å². The van der Waals surface area contributed by atoms with Crippen LogP contribution in [0.3, 0.4) is 0 Å². The molecule has 16 heavy (non-hydrogen) atoms. The zero-order valence-electron chi connectivity index (χ0n) is 11.2. The summed E-state index contributed by atoms with van der Waals surface area (Å²) >= 11 is 0. The molecule has 0 bridgehead atoms. The zero-order chi connectivity index (χ0) is 12.6. The summed E-state index contributed by atoms with van der Waals surface area (Å²) in [5.74, 6) is -0.730. The Morgan fingerprint density at radius 1 is 1.19 bits per heavy atom. The molecule has 0 aromatic heterocycles. The van der Waals surface area contributed by atoms with Crippen LogP contribution in [0.15, 0.2) is 0 Å². The first-order valence-electron chi connectivity index (χ1n) is 6.51. The minimum absolute atomic E-state index is 0.336. The fourth-order valence-corrected chi connectivity index (χ4v) is 2.18. The van der Waals surface area contributed by atoms with Crippen molar-refractivity contribution in [2.45, 2.75) is 77.8 Å². The molecule has 0 rings (SSSR count). The molecule has 0 aromatic carbocycles. The molecule has 1 atom stereocenters. The van der Waals surface area contributed by atoms with Gasteiger partial charge in [0.15, 0.2) is 0 Å². The van der Waals surface area contributed by atoms with Crippen LogP contribution in [-0.2, 0) is 4.79 Å². The van der Waals surface area contributed by atoms with Gasteiger partial charge >= 0.3 is 5.97 Å². The monoisotopic (exact) mass is 229 g/mol. The topological polar surface area (TPSA) is 49.3 Å². The first-order chi connectivity index (χ1) is 7.50. The molecule has 1 unspecified atom stereocenters. The summed E-state index contributed by atoms with van der Waals surface area (Å²) in [7, 11) is 0. The molecule has 0 aliphatic rings. The first-order valence-corrected chi connectivity index (χ1v) is 6.51. The van der Waals surface area contributed by atoms with Gasteiger partial charge in [0.05, 0.1) is 0 Å². The molecule has 3 heteroatoms. The Kier molecular flexibility index (Phi) is 7.39. The van der Waals surface area contributed by atoms with Crippen molar-refractivity contribution in [2.75, 3.05) is 0 Å². The fraction of sp³-hybridized carbons (Fsp3) is 0.923. The van der Waals surface area contributed by atoms with Gasteiger partial charge in [-0.05, 0) is 26.2 Å². The lowest BCUT2D eigenvalue weighted by Crippen LogP contribution is -2.53. The van der Waals surface area contributed by atoms with Crippen LogP contribution in [0.5, 0.6) is 0 Å². The molecule has 0 heterocycles. The van der Waals surface area contributed by atoms with E-state index < -0.39 is 11.5 Å². The summed E-state index contributed by atoms with van der Waals surface area (Å²) in [6.07, 6.45) is 5.88. The molecule has 0 amide bonds. The number of nitrogens with one attached hydrogen (secondary N) is 1. The van der Waals surface area contributed by atoms with Crippen molar-refractivity contribution in [3.05, 3.63) is 0 Å². The van der Waals surface area contributed by atoms with E-state index in [4.69, 9.17) is 0 Å². The second kappa shape index (κ2) is 7.66. The minimum Gasteiger partial charge on any atom is -0.480 e. The highest BCUT2D eigenvalue weighted by Crippen LogP contribution is 2.17. The lowest BCUT2D eigenvalue weighted by molar-refractivity contribution is -0.145. The summed E-state index contributed by atoms with van der Waals surface area (Å²) in [6.45, 7) is 8.11. The second-order valence-electron chi connectivity index (χ2n) is 4.81. The van der Waals surface area contributed by atoms with Crippen molar-refractivity contribution >= 4 is 5.97 Å². The molecule has 0 fully saturated rings. The van der Waals surface area contributed by atoms with Gasteiger partial charge in [-0.15, -0.1) is 0 Å². The maximum atomic E-state index is 11.3. The number of hydrogen-bond donors (Lipinski definition) is 2. The molecular weight excluding hydrogens is 202 g/mol. The highest BCUT2D eigenvalue weighted by Gasteiger charge is 2.33. The molecule has 2 N–H and O–H groups in total. The van der Waals surface area contributed by atoms with E-state index in [9.17, 15) is 9.90 Å². The van der Waals surface area contributed by atoms with Crippen LogP contribution < -0.4 is 5.32 Å². The van der Waals surface area contributed by atoms with Gasteiger partial charge in [-0.1, -0.05) is 40.0 Å². The maximum absolute atomic E-state index is 11.3. The fourth-order valence-electron chi connectivity index (χ4n) is 2.18. The largest absolute Gasteiger partial charge is 0.480 e. The van der Waals surface area contributed by atoms with E-state index >= 15 is 0 Å². The SMILES string of the molecule is CCCC(CCC)NC(C)(CCC)C(=O)O. The quantitative estimate of drug-likeness (QED) is 0.638. The van der Waals surface area contributed by atoms with Crippen molar-refractivity contribution in [1.29, 1.82) is 0 Å². The first kappa shape index (κ1) is 15.4. The average Bonchev–Trinajstić information content (AvgIpc) is 2.18. The number of carboxylic acid groups (broad SMARTS) is 1. The molecular formula is C13H27NO2. The van der Waals surface area contributed by atoms with Gasteiger partial charge in [-0.25, -0.2) is 0 Å². The van der Waals surface area contributed by atoms with Crippen molar-refractivity contribution in [3.8, 4) is 0 Å². The van der Waals surface area contributed by atoms with E-state index in [2.05, 4.69) is 19.2 Å². The Hall–Kier alpha value is -0.570. The molecule has 0 aliphatic carbocycles. The molecule has 96 valence electrons. The smallest absolute Gasteiger partial charge is 0.323 e. The van der Waals surface area contributed by atoms with E-state index in [1.54, 1.807) is 6.92 Å². The molecule has 0 aliphatic heterocycles. The zero-order valence-corrected chi connectivity index (χ0v) is 11.2. The Labute approximate surface area is 99.6 Å². The molecule has 0 saturated carbocycles. The average molecular weight is 229 g/mol. The van der Waals surface area contributed by atoms with Crippen LogP contribution in [0.4, 0.5) is 0 Å². The summed E-state index contributed by atoms with van der Waals surface area (Å²) in [4.78, 5) is 11.3. The Morgan fingerprint density at radius 3 is 2.00 bits per heavy atom. The number of carboxylic acids is 1. The second-order valence-corrected chi connectivity index (χ2v) is 4.81. The minimum atomic E-state index is -0.760. The Bertz CT molecular complexity index is 200. The van der Waals surface area contributed by atoms with Gasteiger partial charge in [-0.2, -0.15) is 0 Å². The van der Waals surface area contributed by atoms with Gasteiger partial charge in [0, 0.05) is 6.04 Å². The van der Waals surface area contributed by atoms with E-state index in [1.807, 2.05) is 6.92 Å². The van der Waals surface area contributed by atoms with Gasteiger partial charge in [0.2, 0.25) is 0 Å². The van der Waals surface area contributed by atoms with Crippen LogP contribution in [0, 0.1) is 0 Å². The van der Waals surface area contributed by atoms with E-state index in [0.717, 1.165) is 32.1 Å². The van der Waals surface area contributed by atoms with Crippen LogP contribution >= 0.6 is 0 Å². The van der Waals surface area contributed by atoms with Gasteiger partial charge in [-0.3, -0.25) is 10.1 Å². The Morgan fingerprint density at radius 2 is 1.69 bits per heavy atom. The summed E-state index contributed by atoms with van der Waals surface area (Å²) in [5, 5.41) is 12.6. The van der Waals surface area contributed by atoms with Gasteiger partial charge in [0.25, 0.3) is 0 Å². The van der Waals surface area contributed by atoms with Crippen molar-refractivity contribution < 1.29 is 9.90 Å². The predicted molar refractivity (Wildman–Crippen MR) is 67.7 cm³/mol. The van der Waals surface area contributed by atoms with Crippen LogP contribution in [-0.4, -0.2) is 22.7 Å². The maximum Gasteiger partial charge on any atom is 0.323 e. The van der Waals surface area contributed by atoms with Crippen molar-refractivity contribution in [1.82, 2.24) is 5.32 Å². The van der Waals surface area contributed by atoms with E-state index in [1.165, 1.54) is 0 Å². The third-order valence-corrected chi connectivity index (χ3v) is 3.02. The summed E-state index contributed by atoms with van der Waals surface area (Å²) < 4.78 is 0. The van der Waals surface area contributed by atoms with Gasteiger partial charge in [0.1, 0.15) is 5.54 Å². The number of hydrogen-bond acceptors (Lipinski definition) is 2. The standard InChI is InChI=1S/C13H27NO2/c1-5-8-11(9-6-2)14-13(4,10-7-3)12(15)16/h11,14H,5-10H2,1-4H3,(H,15,16). The molecule has 0 radical (unpaired) electrons. The third kappa shape index (κ3) is 4.97. The molecule has 0 aromatic rings. The lowest BCUT2D eigenvalue weighted by atomic mass is 9.93. The summed E-state index contributed by atoms with van der Waals surface area (Å²) in [5.41, 5.74) is -0.760. The van der Waals surface area contributed by atoms with Crippen LogP contribution in [0.1, 0.15) is 66.2 Å². The molecule has 3 nitrogen and oxygen atoms in total. The number of aliphatic carboxylic acids is 1. The van der Waals surface area contributed by atoms with E-state index in [0.29, 0.717) is 12.5 Å². The highest BCUT2D eigenvalue weighted by molar-refractivity contribution is 5.78. The number of carbonyl (C=O) groups is 1. The normalized spacial score (nSPS) is 15.1. The lowest BCUT2D eigenvalue weighted by Gasteiger charge is -2.31. The van der Waals surface area contributed by atoms with E-state index in [-0.39, 0.29) is 0 Å². The Balaban J connectivity index is 4.49. The van der Waals surface area contributed by atoms with Crippen LogP contribution in [0.25, 0.3) is 0 Å². The number of rotatable bonds is 9. The third-order valence-electron chi connectivity index (χ3n) is 3.02. The summed E-state index contributed by atoms with van der Waals surface area (Å²) in [6, 6.07) is 0.336. The van der Waals surface area contributed by atoms with Gasteiger partial charge < -0.3 is 5.11 Å².